The second-order valence-corrected chi connectivity index (χ2v) is 6.91. The number of rotatable bonds is 5. The Labute approximate surface area is 143 Å². The Balaban J connectivity index is 1.54. The Morgan fingerprint density at radius 3 is 2.61 bits per heavy atom. The minimum Gasteiger partial charge on any atom is -0.370 e. The fraction of sp³-hybridized carbons (Fsp3) is 0.500. The molecule has 0 saturated carbocycles. The van der Waals surface area contributed by atoms with Gasteiger partial charge in [-0.05, 0) is 24.3 Å². The first kappa shape index (κ1) is 16.6. The second-order valence-electron chi connectivity index (χ2n) is 5.99. The van der Waals surface area contributed by atoms with Crippen molar-refractivity contribution >= 4 is 33.4 Å². The van der Waals surface area contributed by atoms with E-state index in [1.807, 2.05) is 17.4 Å². The summed E-state index contributed by atoms with van der Waals surface area (Å²) in [5, 5.41) is 2.02. The number of carbonyl (C=O) groups excluding carboxylic acids is 2. The van der Waals surface area contributed by atoms with Crippen LogP contribution >= 0.6 is 15.9 Å². The van der Waals surface area contributed by atoms with Crippen molar-refractivity contribution < 1.29 is 24.5 Å². The molecule has 2 amide bonds. The van der Waals surface area contributed by atoms with E-state index in [0.717, 1.165) is 43.9 Å². The van der Waals surface area contributed by atoms with Crippen LogP contribution < -0.4 is 15.1 Å². The van der Waals surface area contributed by atoms with Crippen molar-refractivity contribution in [3.05, 3.63) is 28.7 Å². The van der Waals surface area contributed by atoms with Gasteiger partial charge in [-0.15, -0.1) is 0 Å². The number of imide groups is 1. The van der Waals surface area contributed by atoms with Crippen LogP contribution in [0, 0.1) is 0 Å². The van der Waals surface area contributed by atoms with E-state index in [-0.39, 0.29) is 24.3 Å². The molecule has 7 heteroatoms. The summed E-state index contributed by atoms with van der Waals surface area (Å²) in [6, 6.07) is 6.98. The highest BCUT2D eigenvalue weighted by Gasteiger charge is 2.42. The molecule has 124 valence electrons. The van der Waals surface area contributed by atoms with Crippen LogP contribution in [0.2, 0.25) is 0 Å². The van der Waals surface area contributed by atoms with E-state index < -0.39 is 0 Å². The number of hydrogen-bond acceptors (Lipinski definition) is 3. The number of anilines is 1. The quantitative estimate of drug-likeness (QED) is 0.612. The van der Waals surface area contributed by atoms with Crippen LogP contribution in [0.1, 0.15) is 6.42 Å². The molecule has 0 aromatic heterocycles. The van der Waals surface area contributed by atoms with Gasteiger partial charge in [0, 0.05) is 4.47 Å². The smallest absolute Gasteiger partial charge is 0.292 e. The van der Waals surface area contributed by atoms with Gasteiger partial charge in [-0.3, -0.25) is 9.59 Å². The van der Waals surface area contributed by atoms with Gasteiger partial charge in [-0.25, -0.2) is 4.90 Å². The van der Waals surface area contributed by atoms with Gasteiger partial charge in [0.15, 0.2) is 6.04 Å². The van der Waals surface area contributed by atoms with E-state index in [1.54, 1.807) is 12.1 Å². The lowest BCUT2D eigenvalue weighted by atomic mass is 10.2. The molecule has 1 unspecified atom stereocenters. The molecule has 1 aromatic carbocycles. The minimum atomic E-state index is -0.286. The third-order valence-corrected chi connectivity index (χ3v) is 4.94. The van der Waals surface area contributed by atoms with E-state index >= 15 is 0 Å². The maximum Gasteiger partial charge on any atom is 0.292 e. The van der Waals surface area contributed by atoms with E-state index in [1.165, 1.54) is 9.80 Å². The molecule has 2 fully saturated rings. The fourth-order valence-electron chi connectivity index (χ4n) is 3.10. The molecule has 2 saturated heterocycles. The maximum atomic E-state index is 12.5. The Hall–Kier alpha value is -1.28. The summed E-state index contributed by atoms with van der Waals surface area (Å²) in [6.45, 7) is 5.53. The number of benzene rings is 1. The molecule has 0 bridgehead atoms. The van der Waals surface area contributed by atoms with Crippen LogP contribution in [0.5, 0.6) is 0 Å². The number of nitrogens with zero attached hydrogens (tertiary/aromatic N) is 1. The predicted molar refractivity (Wildman–Crippen MR) is 88.2 cm³/mol. The summed E-state index contributed by atoms with van der Waals surface area (Å²) in [5.41, 5.74) is 0.651. The minimum absolute atomic E-state index is 0.103. The summed E-state index contributed by atoms with van der Waals surface area (Å²) in [4.78, 5) is 27.5. The Bertz CT molecular complexity index is 572. The van der Waals surface area contributed by atoms with Crippen molar-refractivity contribution in [2.24, 2.45) is 0 Å². The van der Waals surface area contributed by atoms with Gasteiger partial charge < -0.3 is 15.0 Å². The van der Waals surface area contributed by atoms with Crippen LogP contribution in [-0.4, -0.2) is 57.2 Å². The molecule has 6 nitrogen and oxygen atoms in total. The zero-order valence-corrected chi connectivity index (χ0v) is 14.5. The van der Waals surface area contributed by atoms with Crippen molar-refractivity contribution in [1.82, 2.24) is 0 Å². The highest BCUT2D eigenvalue weighted by atomic mass is 79.9. The molecule has 2 heterocycles. The highest BCUT2D eigenvalue weighted by molar-refractivity contribution is 9.10. The van der Waals surface area contributed by atoms with Crippen molar-refractivity contribution in [1.29, 1.82) is 0 Å². The van der Waals surface area contributed by atoms with Crippen LogP contribution in [-0.2, 0) is 14.3 Å². The number of hydrogen-bond donors (Lipinski definition) is 2. The van der Waals surface area contributed by atoms with E-state index in [9.17, 15) is 9.59 Å². The topological polar surface area (TPSA) is 67.7 Å². The number of ether oxygens (including phenoxy) is 1. The van der Waals surface area contributed by atoms with Crippen molar-refractivity contribution in [2.75, 3.05) is 44.3 Å². The zero-order valence-electron chi connectivity index (χ0n) is 13.0. The standard InChI is InChI=1S/C16H20BrN3O3/c17-12-1-3-13(4-2-12)20-15(21)11-14(16(20)22)18-5-6-19-7-9-23-10-8-19/h1-4,14,18H,5-11H2/p+2. The number of morpholine rings is 1. The fourth-order valence-corrected chi connectivity index (χ4v) is 3.36. The Morgan fingerprint density at radius 1 is 1.22 bits per heavy atom. The largest absolute Gasteiger partial charge is 0.370 e. The molecule has 23 heavy (non-hydrogen) atoms. The molecular weight excluding hydrogens is 362 g/mol. The lowest BCUT2D eigenvalue weighted by molar-refractivity contribution is -0.920. The third-order valence-electron chi connectivity index (χ3n) is 4.42. The van der Waals surface area contributed by atoms with Gasteiger partial charge in [-0.2, -0.15) is 0 Å². The Kier molecular flexibility index (Phi) is 5.42. The molecule has 3 N–H and O–H groups in total. The number of quaternary nitrogens is 2. The van der Waals surface area contributed by atoms with Crippen molar-refractivity contribution in [3.8, 4) is 0 Å². The summed E-state index contributed by atoms with van der Waals surface area (Å²) in [6.07, 6.45) is 0.285. The van der Waals surface area contributed by atoms with Gasteiger partial charge in [0.05, 0.1) is 25.3 Å². The van der Waals surface area contributed by atoms with Gasteiger partial charge in [0.1, 0.15) is 26.2 Å². The first-order chi connectivity index (χ1) is 11.1. The van der Waals surface area contributed by atoms with Crippen LogP contribution in [0.15, 0.2) is 28.7 Å². The highest BCUT2D eigenvalue weighted by Crippen LogP contribution is 2.23. The molecule has 1 aromatic rings. The first-order valence-electron chi connectivity index (χ1n) is 8.02. The number of carbonyl (C=O) groups is 2. The molecule has 0 aliphatic carbocycles. The number of halogens is 1. The van der Waals surface area contributed by atoms with Crippen LogP contribution in [0.25, 0.3) is 0 Å². The molecule has 2 aliphatic heterocycles. The summed E-state index contributed by atoms with van der Waals surface area (Å²) < 4.78 is 6.27. The van der Waals surface area contributed by atoms with Gasteiger partial charge >= 0.3 is 0 Å². The second kappa shape index (κ2) is 7.53. The van der Waals surface area contributed by atoms with Gasteiger partial charge in [0.25, 0.3) is 5.91 Å². The number of nitrogens with one attached hydrogen (secondary N) is 1. The molecular formula is C16H22BrN3O3+2. The number of nitrogens with two attached hydrogens (primary N) is 1. The average molecular weight is 384 g/mol. The van der Waals surface area contributed by atoms with Crippen LogP contribution in [0.4, 0.5) is 5.69 Å². The molecule has 0 radical (unpaired) electrons. The summed E-state index contributed by atoms with van der Waals surface area (Å²) in [5.74, 6) is -0.216. The van der Waals surface area contributed by atoms with E-state index in [2.05, 4.69) is 15.9 Å². The maximum absolute atomic E-state index is 12.5. The van der Waals surface area contributed by atoms with Crippen molar-refractivity contribution in [2.45, 2.75) is 12.5 Å². The predicted octanol–water partition coefficient (Wildman–Crippen LogP) is -1.44. The molecule has 0 spiro atoms. The summed E-state index contributed by atoms with van der Waals surface area (Å²) in [7, 11) is 0. The third kappa shape index (κ3) is 3.98. The molecule has 1 atom stereocenters. The average Bonchev–Trinajstić information content (AvgIpc) is 2.84. The van der Waals surface area contributed by atoms with E-state index in [0.29, 0.717) is 5.69 Å². The SMILES string of the molecule is O=C1CC([NH2+]CC[NH+]2CCOCC2)C(=O)N1c1ccc(Br)cc1. The van der Waals surface area contributed by atoms with Gasteiger partial charge in [0.2, 0.25) is 5.91 Å². The van der Waals surface area contributed by atoms with Crippen LogP contribution in [0.3, 0.4) is 0 Å². The van der Waals surface area contributed by atoms with Crippen molar-refractivity contribution in [3.63, 3.8) is 0 Å². The zero-order chi connectivity index (χ0) is 16.2. The molecule has 2 aliphatic rings. The monoisotopic (exact) mass is 383 g/mol. The normalized spacial score (nSPS) is 22.8. The number of amides is 2. The first-order valence-corrected chi connectivity index (χ1v) is 8.81. The lowest BCUT2D eigenvalue weighted by Gasteiger charge is -2.23. The lowest BCUT2D eigenvalue weighted by Crippen LogP contribution is -3.16. The Morgan fingerprint density at radius 2 is 1.91 bits per heavy atom. The van der Waals surface area contributed by atoms with Gasteiger partial charge in [-0.1, -0.05) is 15.9 Å². The summed E-state index contributed by atoms with van der Waals surface area (Å²) >= 11 is 3.36. The molecule has 3 rings (SSSR count). The van der Waals surface area contributed by atoms with E-state index in [4.69, 9.17) is 4.74 Å².